The highest BCUT2D eigenvalue weighted by Crippen LogP contribution is 2.38. The molecule has 1 aromatic rings. The molecule has 0 aliphatic carbocycles. The molecule has 7 nitrogen and oxygen atoms in total. The Balaban J connectivity index is 1.50. The lowest BCUT2D eigenvalue weighted by molar-refractivity contribution is 0.00991. The lowest BCUT2D eigenvalue weighted by Gasteiger charge is -2.34. The summed E-state index contributed by atoms with van der Waals surface area (Å²) in [6, 6.07) is 3.96. The number of piperidine rings is 1. The smallest absolute Gasteiger partial charge is 0.193 e. The maximum Gasteiger partial charge on any atom is 0.193 e. The minimum absolute atomic E-state index is 0.334. The number of rotatable bonds is 9. The molecule has 0 spiro atoms. The lowest BCUT2D eigenvalue weighted by atomic mass is 10.1. The van der Waals surface area contributed by atoms with Crippen LogP contribution in [0.25, 0.3) is 0 Å². The summed E-state index contributed by atoms with van der Waals surface area (Å²) in [5, 5.41) is 4.02. The molecule has 0 bridgehead atoms. The van der Waals surface area contributed by atoms with E-state index in [4.69, 9.17) is 35.5 Å². The van der Waals surface area contributed by atoms with E-state index >= 15 is 0 Å². The van der Waals surface area contributed by atoms with E-state index in [-0.39, 0.29) is 0 Å². The number of benzene rings is 1. The second-order valence-electron chi connectivity index (χ2n) is 7.49. The molecule has 0 atom stereocenters. The zero-order chi connectivity index (χ0) is 21.2. The minimum Gasteiger partial charge on any atom is -0.486 e. The maximum absolute atomic E-state index is 6.35. The van der Waals surface area contributed by atoms with Gasteiger partial charge in [0.1, 0.15) is 13.2 Å². The van der Waals surface area contributed by atoms with Crippen LogP contribution in [0.3, 0.4) is 0 Å². The van der Waals surface area contributed by atoms with Crippen LogP contribution in [0.1, 0.15) is 31.7 Å². The van der Waals surface area contributed by atoms with Gasteiger partial charge in [0.25, 0.3) is 0 Å². The van der Waals surface area contributed by atoms with Crippen LogP contribution in [0.2, 0.25) is 5.02 Å². The summed E-state index contributed by atoms with van der Waals surface area (Å²) >= 11 is 6.35. The summed E-state index contributed by atoms with van der Waals surface area (Å²) in [4.78, 5) is 7.17. The number of fused-ring (bicyclic) bond motifs is 1. The Kier molecular flexibility index (Phi) is 9.36. The van der Waals surface area contributed by atoms with Gasteiger partial charge in [-0.05, 0) is 50.3 Å². The van der Waals surface area contributed by atoms with E-state index in [2.05, 4.69) is 17.1 Å². The predicted octanol–water partition coefficient (Wildman–Crippen LogP) is 3.14. The minimum atomic E-state index is 0.334. The first kappa shape index (κ1) is 23.0. The van der Waals surface area contributed by atoms with E-state index in [0.29, 0.717) is 36.6 Å². The molecule has 30 heavy (non-hydrogen) atoms. The Morgan fingerprint density at radius 3 is 2.80 bits per heavy atom. The predicted molar refractivity (Wildman–Crippen MR) is 119 cm³/mol. The topological polar surface area (TPSA) is 64.6 Å². The van der Waals surface area contributed by atoms with E-state index in [1.165, 1.54) is 0 Å². The first-order chi connectivity index (χ1) is 14.7. The average Bonchev–Trinajstić information content (AvgIpc) is 2.77. The zero-order valence-corrected chi connectivity index (χ0v) is 18.9. The van der Waals surface area contributed by atoms with Gasteiger partial charge in [0.15, 0.2) is 17.5 Å². The molecule has 1 fully saturated rings. The van der Waals surface area contributed by atoms with Gasteiger partial charge in [-0.3, -0.25) is 4.99 Å². The first-order valence-corrected chi connectivity index (χ1v) is 11.3. The largest absolute Gasteiger partial charge is 0.486 e. The Morgan fingerprint density at radius 2 is 2.03 bits per heavy atom. The molecule has 2 aliphatic rings. The van der Waals surface area contributed by atoms with E-state index in [1.807, 2.05) is 12.1 Å². The Bertz CT molecular complexity index is 693. The summed E-state index contributed by atoms with van der Waals surface area (Å²) < 4.78 is 22.3. The normalized spacial score (nSPS) is 17.3. The number of hydrogen-bond acceptors (Lipinski definition) is 5. The maximum atomic E-state index is 6.35. The van der Waals surface area contributed by atoms with Crippen molar-refractivity contribution in [3.05, 3.63) is 22.7 Å². The number of halogens is 1. The molecule has 0 unspecified atom stereocenters. The first-order valence-electron chi connectivity index (χ1n) is 10.9. The van der Waals surface area contributed by atoms with Crippen LogP contribution in [-0.2, 0) is 15.9 Å². The van der Waals surface area contributed by atoms with Gasteiger partial charge in [0, 0.05) is 46.5 Å². The number of hydrogen-bond donors (Lipinski definition) is 1. The number of ether oxygens (including phenoxy) is 4. The molecule has 168 valence electrons. The molecule has 2 aliphatic heterocycles. The second-order valence-corrected chi connectivity index (χ2v) is 7.90. The summed E-state index contributed by atoms with van der Waals surface area (Å²) in [5.41, 5.74) is 1.10. The summed E-state index contributed by atoms with van der Waals surface area (Å²) in [7, 11) is 1.72. The molecule has 3 rings (SSSR count). The standard InChI is InChI=1S/C22H34ClN3O4/c1-3-24-22(26-9-6-18(7-10-26)28-12-4-11-27-2)25-8-5-17-15-19(23)21-20(16-17)29-13-14-30-21/h15-16,18H,3-14H2,1-2H3,(H,24,25). The van der Waals surface area contributed by atoms with Gasteiger partial charge in [-0.2, -0.15) is 0 Å². The highest BCUT2D eigenvalue weighted by molar-refractivity contribution is 6.32. The van der Waals surface area contributed by atoms with Crippen molar-refractivity contribution in [2.24, 2.45) is 4.99 Å². The molecule has 0 aromatic heterocycles. The van der Waals surface area contributed by atoms with Crippen molar-refractivity contribution in [1.29, 1.82) is 0 Å². The Morgan fingerprint density at radius 1 is 1.23 bits per heavy atom. The van der Waals surface area contributed by atoms with E-state index in [1.54, 1.807) is 7.11 Å². The van der Waals surface area contributed by atoms with Gasteiger partial charge in [-0.25, -0.2) is 0 Å². The summed E-state index contributed by atoms with van der Waals surface area (Å²) in [6.07, 6.45) is 4.13. The number of guanidine groups is 1. The van der Waals surface area contributed by atoms with Crippen molar-refractivity contribution in [3.8, 4) is 11.5 Å². The van der Waals surface area contributed by atoms with Gasteiger partial charge >= 0.3 is 0 Å². The molecule has 0 saturated carbocycles. The zero-order valence-electron chi connectivity index (χ0n) is 18.1. The average molecular weight is 440 g/mol. The van der Waals surface area contributed by atoms with Gasteiger partial charge in [-0.15, -0.1) is 0 Å². The van der Waals surface area contributed by atoms with Crippen LogP contribution < -0.4 is 14.8 Å². The van der Waals surface area contributed by atoms with Crippen LogP contribution in [0.5, 0.6) is 11.5 Å². The van der Waals surface area contributed by atoms with Crippen LogP contribution in [0.15, 0.2) is 17.1 Å². The van der Waals surface area contributed by atoms with Crippen molar-refractivity contribution in [2.45, 2.75) is 38.7 Å². The second kappa shape index (κ2) is 12.2. The molecular formula is C22H34ClN3O4. The quantitative estimate of drug-likeness (QED) is 0.362. The lowest BCUT2D eigenvalue weighted by Crippen LogP contribution is -2.47. The van der Waals surface area contributed by atoms with Gasteiger partial charge < -0.3 is 29.2 Å². The van der Waals surface area contributed by atoms with Crippen LogP contribution in [0, 0.1) is 0 Å². The SMILES string of the molecule is CCNC(=NCCc1cc(Cl)c2c(c1)OCCO2)N1CCC(OCCCOC)CC1. The molecular weight excluding hydrogens is 406 g/mol. The van der Waals surface area contributed by atoms with E-state index in [9.17, 15) is 0 Å². The molecule has 1 N–H and O–H groups in total. The third-order valence-corrected chi connectivity index (χ3v) is 5.52. The Hall–Kier alpha value is -1.70. The molecule has 2 heterocycles. The third kappa shape index (κ3) is 6.65. The monoisotopic (exact) mass is 439 g/mol. The van der Waals surface area contributed by atoms with Gasteiger partial charge in [0.05, 0.1) is 11.1 Å². The fourth-order valence-corrected chi connectivity index (χ4v) is 4.00. The number of aliphatic imine (C=N–C) groups is 1. The highest BCUT2D eigenvalue weighted by Gasteiger charge is 2.22. The fraction of sp³-hybridized carbons (Fsp3) is 0.682. The van der Waals surface area contributed by atoms with Crippen LogP contribution in [-0.4, -0.2) is 76.7 Å². The van der Waals surface area contributed by atoms with Crippen molar-refractivity contribution in [1.82, 2.24) is 10.2 Å². The van der Waals surface area contributed by atoms with Gasteiger partial charge in [-0.1, -0.05) is 11.6 Å². The Labute approximate surface area is 184 Å². The van der Waals surface area contributed by atoms with Crippen LogP contribution >= 0.6 is 11.6 Å². The number of nitrogens with zero attached hydrogens (tertiary/aromatic N) is 2. The molecule has 1 saturated heterocycles. The molecule has 8 heteroatoms. The molecule has 0 radical (unpaired) electrons. The molecule has 0 amide bonds. The third-order valence-electron chi connectivity index (χ3n) is 5.24. The molecule has 1 aromatic carbocycles. The number of likely N-dealkylation sites (tertiary alicyclic amines) is 1. The van der Waals surface area contributed by atoms with Crippen LogP contribution in [0.4, 0.5) is 0 Å². The van der Waals surface area contributed by atoms with Crippen molar-refractivity contribution < 1.29 is 18.9 Å². The van der Waals surface area contributed by atoms with E-state index < -0.39 is 0 Å². The summed E-state index contributed by atoms with van der Waals surface area (Å²) in [6.45, 7) is 8.16. The van der Waals surface area contributed by atoms with Crippen molar-refractivity contribution in [3.63, 3.8) is 0 Å². The number of methoxy groups -OCH3 is 1. The van der Waals surface area contributed by atoms with Crippen molar-refractivity contribution in [2.75, 3.05) is 59.7 Å². The van der Waals surface area contributed by atoms with Crippen molar-refractivity contribution >= 4 is 17.6 Å². The number of nitrogens with one attached hydrogen (secondary N) is 1. The summed E-state index contributed by atoms with van der Waals surface area (Å²) in [5.74, 6) is 2.35. The van der Waals surface area contributed by atoms with Gasteiger partial charge in [0.2, 0.25) is 0 Å². The fourth-order valence-electron chi connectivity index (χ4n) is 3.71. The highest BCUT2D eigenvalue weighted by atomic mass is 35.5. The van der Waals surface area contributed by atoms with E-state index in [0.717, 1.165) is 75.8 Å².